The molecule has 0 radical (unpaired) electrons. The fraction of sp³-hybridized carbons (Fsp3) is 0.130. The number of aromatic nitrogens is 2. The molecule has 5 rings (SSSR count). The van der Waals surface area contributed by atoms with Crippen LogP contribution in [0.25, 0.3) is 21.3 Å². The molecule has 3 heterocycles. The number of rotatable bonds is 4. The zero-order valence-electron chi connectivity index (χ0n) is 16.2. The molecule has 0 fully saturated rings. The molecule has 6 nitrogen and oxygen atoms in total. The van der Waals surface area contributed by atoms with Crippen molar-refractivity contribution in [2.45, 2.75) is 13.5 Å². The molecular formula is C23H17N3O3S. The van der Waals surface area contributed by atoms with Crippen LogP contribution in [0.3, 0.4) is 0 Å². The normalized spacial score (nSPS) is 13.3. The molecule has 0 bridgehead atoms. The van der Waals surface area contributed by atoms with Crippen molar-refractivity contribution in [3.63, 3.8) is 0 Å². The second-order valence-electron chi connectivity index (χ2n) is 7.25. The maximum atomic E-state index is 13.2. The average Bonchev–Trinajstić information content (AvgIpc) is 3.29. The summed E-state index contributed by atoms with van der Waals surface area (Å²) in [4.78, 5) is 44.6. The van der Waals surface area contributed by atoms with Gasteiger partial charge in [0.15, 0.2) is 0 Å². The Kier molecular flexibility index (Phi) is 4.33. The highest BCUT2D eigenvalue weighted by Gasteiger charge is 2.34. The summed E-state index contributed by atoms with van der Waals surface area (Å²) in [5, 5.41) is 2.51. The van der Waals surface area contributed by atoms with Gasteiger partial charge >= 0.3 is 0 Å². The molecule has 0 saturated heterocycles. The van der Waals surface area contributed by atoms with Gasteiger partial charge in [0, 0.05) is 24.0 Å². The molecule has 2 aromatic heterocycles. The molecular weight excluding hydrogens is 398 g/mol. The van der Waals surface area contributed by atoms with E-state index in [1.165, 1.54) is 27.1 Å². The van der Waals surface area contributed by atoms with Crippen molar-refractivity contribution < 1.29 is 9.59 Å². The molecule has 1 aliphatic rings. The highest BCUT2D eigenvalue weighted by Crippen LogP contribution is 2.30. The molecule has 148 valence electrons. The lowest BCUT2D eigenvalue weighted by Crippen LogP contribution is -2.35. The van der Waals surface area contributed by atoms with Gasteiger partial charge in [-0.15, -0.1) is 11.3 Å². The first-order valence-corrected chi connectivity index (χ1v) is 10.4. The number of carbonyl (C=O) groups is 2. The van der Waals surface area contributed by atoms with Gasteiger partial charge in [0.05, 0.1) is 22.8 Å². The number of hydrogen-bond acceptors (Lipinski definition) is 5. The number of imide groups is 1. The summed E-state index contributed by atoms with van der Waals surface area (Å²) in [6.07, 6.45) is 1.48. The molecule has 1 aliphatic heterocycles. The fourth-order valence-corrected chi connectivity index (χ4v) is 4.63. The van der Waals surface area contributed by atoms with Gasteiger partial charge in [-0.3, -0.25) is 23.9 Å². The molecule has 0 N–H and O–H groups in total. The summed E-state index contributed by atoms with van der Waals surface area (Å²) in [5.41, 5.74) is 3.60. The van der Waals surface area contributed by atoms with Gasteiger partial charge in [0.1, 0.15) is 4.83 Å². The molecule has 2 aromatic carbocycles. The molecule has 4 aromatic rings. The number of fused-ring (bicyclic) bond motifs is 2. The largest absolute Gasteiger partial charge is 0.297 e. The molecule has 7 heteroatoms. The van der Waals surface area contributed by atoms with Gasteiger partial charge in [-0.1, -0.05) is 42.0 Å². The van der Waals surface area contributed by atoms with Crippen LogP contribution < -0.4 is 5.56 Å². The zero-order valence-corrected chi connectivity index (χ0v) is 17.0. The summed E-state index contributed by atoms with van der Waals surface area (Å²) in [7, 11) is 0. The lowest BCUT2D eigenvalue weighted by Gasteiger charge is -2.14. The minimum Gasteiger partial charge on any atom is -0.297 e. The maximum Gasteiger partial charge on any atom is 0.262 e. The van der Waals surface area contributed by atoms with E-state index in [4.69, 9.17) is 0 Å². The van der Waals surface area contributed by atoms with Crippen molar-refractivity contribution in [2.75, 3.05) is 6.54 Å². The van der Waals surface area contributed by atoms with Crippen molar-refractivity contribution >= 4 is 33.4 Å². The number of amides is 2. The van der Waals surface area contributed by atoms with Gasteiger partial charge in [-0.2, -0.15) is 0 Å². The van der Waals surface area contributed by atoms with E-state index in [-0.39, 0.29) is 30.5 Å². The minimum atomic E-state index is -0.325. The smallest absolute Gasteiger partial charge is 0.262 e. The molecule has 0 spiro atoms. The van der Waals surface area contributed by atoms with Crippen LogP contribution in [0.15, 0.2) is 65.0 Å². The van der Waals surface area contributed by atoms with Gasteiger partial charge in [0.2, 0.25) is 0 Å². The predicted molar refractivity (Wildman–Crippen MR) is 116 cm³/mol. The van der Waals surface area contributed by atoms with E-state index in [1.807, 2.05) is 36.6 Å². The highest BCUT2D eigenvalue weighted by molar-refractivity contribution is 7.17. The van der Waals surface area contributed by atoms with Crippen LogP contribution in [0.1, 0.15) is 26.3 Å². The number of nitrogens with zero attached hydrogens (tertiary/aromatic N) is 3. The van der Waals surface area contributed by atoms with Crippen molar-refractivity contribution in [3.8, 4) is 11.1 Å². The Morgan fingerprint density at radius 1 is 0.867 bits per heavy atom. The van der Waals surface area contributed by atoms with E-state index in [9.17, 15) is 14.4 Å². The van der Waals surface area contributed by atoms with E-state index in [0.717, 1.165) is 16.7 Å². The van der Waals surface area contributed by atoms with Gasteiger partial charge < -0.3 is 0 Å². The van der Waals surface area contributed by atoms with Crippen LogP contribution in [0, 0.1) is 6.92 Å². The van der Waals surface area contributed by atoms with E-state index in [1.54, 1.807) is 24.3 Å². The van der Waals surface area contributed by atoms with Crippen molar-refractivity contribution in [3.05, 3.63) is 87.3 Å². The van der Waals surface area contributed by atoms with Crippen LogP contribution in [0.5, 0.6) is 0 Å². The summed E-state index contributed by atoms with van der Waals surface area (Å²) >= 11 is 1.43. The number of benzene rings is 2. The number of aryl methyl sites for hydroxylation is 1. The van der Waals surface area contributed by atoms with Crippen LogP contribution in [-0.2, 0) is 6.54 Å². The molecule has 0 atom stereocenters. The SMILES string of the molecule is Cc1ccc(-c2csc3ncn(CCN4C(=O)c5ccccc5C4=O)c(=O)c23)cc1. The van der Waals surface area contributed by atoms with Crippen molar-refractivity contribution in [2.24, 2.45) is 0 Å². The Labute approximate surface area is 176 Å². The van der Waals surface area contributed by atoms with Crippen molar-refractivity contribution in [1.29, 1.82) is 0 Å². The van der Waals surface area contributed by atoms with Crippen LogP contribution in [0.4, 0.5) is 0 Å². The van der Waals surface area contributed by atoms with E-state index in [2.05, 4.69) is 4.98 Å². The Balaban J connectivity index is 1.46. The summed E-state index contributed by atoms with van der Waals surface area (Å²) in [6, 6.07) is 14.8. The molecule has 0 saturated carbocycles. The quantitative estimate of drug-likeness (QED) is 0.476. The standard InChI is InChI=1S/C23H17N3O3S/c1-14-6-8-15(9-7-14)18-12-30-20-19(18)23(29)25(13-24-20)10-11-26-21(27)16-4-2-3-5-17(16)22(26)28/h2-9,12-13H,10-11H2,1H3. The second kappa shape index (κ2) is 7.03. The first-order chi connectivity index (χ1) is 14.5. The number of thiophene rings is 1. The highest BCUT2D eigenvalue weighted by atomic mass is 32.1. The first kappa shape index (κ1) is 18.4. The molecule has 0 aliphatic carbocycles. The Hall–Kier alpha value is -3.58. The van der Waals surface area contributed by atoms with Crippen LogP contribution in [0.2, 0.25) is 0 Å². The third-order valence-corrected chi connectivity index (χ3v) is 6.25. The molecule has 0 unspecified atom stereocenters. The van der Waals surface area contributed by atoms with Gasteiger partial charge in [-0.25, -0.2) is 4.98 Å². The fourth-order valence-electron chi connectivity index (χ4n) is 3.72. The van der Waals surface area contributed by atoms with E-state index < -0.39 is 0 Å². The lowest BCUT2D eigenvalue weighted by atomic mass is 10.1. The topological polar surface area (TPSA) is 72.3 Å². The summed E-state index contributed by atoms with van der Waals surface area (Å²) in [6.45, 7) is 2.32. The Bertz CT molecular complexity index is 1330. The zero-order chi connectivity index (χ0) is 20.8. The first-order valence-electron chi connectivity index (χ1n) is 9.53. The predicted octanol–water partition coefficient (Wildman–Crippen LogP) is 3.73. The second-order valence-corrected chi connectivity index (χ2v) is 8.10. The van der Waals surface area contributed by atoms with E-state index in [0.29, 0.717) is 21.3 Å². The van der Waals surface area contributed by atoms with Crippen LogP contribution >= 0.6 is 11.3 Å². The van der Waals surface area contributed by atoms with Crippen molar-refractivity contribution in [1.82, 2.24) is 14.5 Å². The minimum absolute atomic E-state index is 0.115. The Morgan fingerprint density at radius 3 is 2.20 bits per heavy atom. The third kappa shape index (κ3) is 2.86. The molecule has 30 heavy (non-hydrogen) atoms. The third-order valence-electron chi connectivity index (χ3n) is 5.37. The monoisotopic (exact) mass is 415 g/mol. The average molecular weight is 415 g/mol. The number of carbonyl (C=O) groups excluding carboxylic acids is 2. The Morgan fingerprint density at radius 2 is 1.53 bits per heavy atom. The van der Waals surface area contributed by atoms with Gasteiger partial charge in [0.25, 0.3) is 17.4 Å². The molecule has 2 amide bonds. The number of hydrogen-bond donors (Lipinski definition) is 0. The van der Waals surface area contributed by atoms with Crippen LogP contribution in [-0.4, -0.2) is 32.8 Å². The van der Waals surface area contributed by atoms with E-state index >= 15 is 0 Å². The van der Waals surface area contributed by atoms with Gasteiger partial charge in [-0.05, 0) is 24.6 Å². The lowest BCUT2D eigenvalue weighted by molar-refractivity contribution is 0.0648. The maximum absolute atomic E-state index is 13.2. The summed E-state index contributed by atoms with van der Waals surface area (Å²) < 4.78 is 1.47. The summed E-state index contributed by atoms with van der Waals surface area (Å²) in [5.74, 6) is -0.651.